The van der Waals surface area contributed by atoms with Crippen molar-refractivity contribution in [1.29, 1.82) is 0 Å². The van der Waals surface area contributed by atoms with Gasteiger partial charge in [0.15, 0.2) is 0 Å². The predicted molar refractivity (Wildman–Crippen MR) is 51.8 cm³/mol. The Morgan fingerprint density at radius 3 is 2.77 bits per heavy atom. The molecule has 1 aliphatic heterocycles. The molecule has 0 amide bonds. The summed E-state index contributed by atoms with van der Waals surface area (Å²) in [7, 11) is 0. The van der Waals surface area contributed by atoms with E-state index in [9.17, 15) is 0 Å². The Morgan fingerprint density at radius 2 is 2.31 bits per heavy atom. The molecule has 1 saturated carbocycles. The summed E-state index contributed by atoms with van der Waals surface area (Å²) in [5.41, 5.74) is 2.81. The van der Waals surface area contributed by atoms with Gasteiger partial charge in [-0.15, -0.1) is 0 Å². The summed E-state index contributed by atoms with van der Waals surface area (Å²) in [6.07, 6.45) is 2.42. The summed E-state index contributed by atoms with van der Waals surface area (Å²) >= 11 is 4.76. The highest BCUT2D eigenvalue weighted by atomic mass is 32.1. The van der Waals surface area contributed by atoms with Crippen LogP contribution >= 0.6 is 12.2 Å². The molecule has 3 N–H and O–H groups in total. The molecule has 0 radical (unpaired) electrons. The van der Waals surface area contributed by atoms with Crippen molar-refractivity contribution in [2.45, 2.75) is 12.8 Å². The molecule has 2 fully saturated rings. The van der Waals surface area contributed by atoms with Gasteiger partial charge in [0.2, 0.25) is 0 Å². The van der Waals surface area contributed by atoms with Crippen LogP contribution in [0.3, 0.4) is 0 Å². The SMILES string of the molecule is NNC(=S)OCC1CC2(COC2)C1. The van der Waals surface area contributed by atoms with Crippen LogP contribution < -0.4 is 11.3 Å². The lowest BCUT2D eigenvalue weighted by Gasteiger charge is -2.53. The van der Waals surface area contributed by atoms with Crippen LogP contribution in [0.5, 0.6) is 0 Å². The van der Waals surface area contributed by atoms with Crippen LogP contribution in [0, 0.1) is 11.3 Å². The summed E-state index contributed by atoms with van der Waals surface area (Å²) in [5.74, 6) is 5.71. The van der Waals surface area contributed by atoms with Gasteiger partial charge in [0.05, 0.1) is 19.8 Å². The second-order valence-corrected chi connectivity index (χ2v) is 4.38. The van der Waals surface area contributed by atoms with Crippen LogP contribution in [-0.2, 0) is 9.47 Å². The maximum absolute atomic E-state index is 5.21. The number of ether oxygens (including phenoxy) is 2. The van der Waals surface area contributed by atoms with Gasteiger partial charge < -0.3 is 9.47 Å². The monoisotopic (exact) mass is 202 g/mol. The Morgan fingerprint density at radius 1 is 1.62 bits per heavy atom. The topological polar surface area (TPSA) is 56.5 Å². The van der Waals surface area contributed by atoms with Crippen molar-refractivity contribution in [1.82, 2.24) is 5.43 Å². The second-order valence-electron chi connectivity index (χ2n) is 4.01. The zero-order chi connectivity index (χ0) is 9.31. The highest BCUT2D eigenvalue weighted by Crippen LogP contribution is 2.50. The van der Waals surface area contributed by atoms with Crippen LogP contribution in [0.1, 0.15) is 12.8 Å². The number of hydrogen-bond acceptors (Lipinski definition) is 4. The third kappa shape index (κ3) is 1.77. The fourth-order valence-corrected chi connectivity index (χ4v) is 2.21. The maximum atomic E-state index is 5.21. The number of rotatable bonds is 2. The minimum absolute atomic E-state index is 0.283. The quantitative estimate of drug-likeness (QED) is 0.380. The van der Waals surface area contributed by atoms with Crippen LogP contribution in [0.4, 0.5) is 0 Å². The van der Waals surface area contributed by atoms with Gasteiger partial charge in [-0.2, -0.15) is 0 Å². The lowest BCUT2D eigenvalue weighted by Crippen LogP contribution is -2.53. The first-order valence-corrected chi connectivity index (χ1v) is 4.86. The second kappa shape index (κ2) is 3.40. The van der Waals surface area contributed by atoms with E-state index < -0.39 is 0 Å². The number of nitrogens with two attached hydrogens (primary N) is 1. The van der Waals surface area contributed by atoms with Crippen molar-refractivity contribution in [3.8, 4) is 0 Å². The number of hydrazine groups is 1. The van der Waals surface area contributed by atoms with E-state index in [4.69, 9.17) is 27.5 Å². The molecule has 2 rings (SSSR count). The zero-order valence-corrected chi connectivity index (χ0v) is 8.23. The van der Waals surface area contributed by atoms with E-state index in [2.05, 4.69) is 5.43 Å². The molecular formula is C8H14N2O2S. The summed E-state index contributed by atoms with van der Waals surface area (Å²) in [6.45, 7) is 2.55. The molecule has 0 unspecified atom stereocenters. The summed E-state index contributed by atoms with van der Waals surface area (Å²) < 4.78 is 10.4. The van der Waals surface area contributed by atoms with Gasteiger partial charge in [0.25, 0.3) is 5.17 Å². The Hall–Kier alpha value is -0.390. The van der Waals surface area contributed by atoms with Gasteiger partial charge in [-0.05, 0) is 31.0 Å². The van der Waals surface area contributed by atoms with Crippen LogP contribution in [0.25, 0.3) is 0 Å². The molecule has 0 aromatic carbocycles. The minimum Gasteiger partial charge on any atom is -0.470 e. The molecule has 5 heteroatoms. The Balaban J connectivity index is 1.61. The number of hydrogen-bond donors (Lipinski definition) is 2. The molecule has 0 aromatic rings. The summed E-state index contributed by atoms with van der Waals surface area (Å²) in [6, 6.07) is 0. The van der Waals surface area contributed by atoms with Crippen LogP contribution in [0.2, 0.25) is 0 Å². The van der Waals surface area contributed by atoms with E-state index >= 15 is 0 Å². The molecule has 13 heavy (non-hydrogen) atoms. The molecule has 0 aromatic heterocycles. The van der Waals surface area contributed by atoms with Crippen LogP contribution in [-0.4, -0.2) is 25.0 Å². The third-order valence-corrected chi connectivity index (χ3v) is 3.06. The predicted octanol–water partition coefficient (Wildman–Crippen LogP) is 0.178. The van der Waals surface area contributed by atoms with Gasteiger partial charge in [-0.1, -0.05) is 0 Å². The molecule has 1 heterocycles. The number of nitrogens with one attached hydrogen (secondary N) is 1. The molecule has 74 valence electrons. The molecule has 0 atom stereocenters. The number of thiocarbonyl (C=S) groups is 1. The van der Waals surface area contributed by atoms with Gasteiger partial charge in [-0.3, -0.25) is 5.43 Å². The van der Waals surface area contributed by atoms with Crippen molar-refractivity contribution in [3.63, 3.8) is 0 Å². The first-order valence-electron chi connectivity index (χ1n) is 4.45. The molecule has 1 spiro atoms. The molecule has 0 bridgehead atoms. The van der Waals surface area contributed by atoms with Gasteiger partial charge in [-0.25, -0.2) is 5.84 Å². The first-order chi connectivity index (χ1) is 6.24. The van der Waals surface area contributed by atoms with Crippen molar-refractivity contribution in [2.24, 2.45) is 17.2 Å². The minimum atomic E-state index is 0.283. The Bertz CT molecular complexity index is 210. The van der Waals surface area contributed by atoms with Crippen molar-refractivity contribution in [3.05, 3.63) is 0 Å². The highest BCUT2D eigenvalue weighted by Gasteiger charge is 2.49. The average Bonchev–Trinajstić information content (AvgIpc) is 1.98. The van der Waals surface area contributed by atoms with E-state index in [1.54, 1.807) is 0 Å². The molecule has 2 aliphatic rings. The fraction of sp³-hybridized carbons (Fsp3) is 0.875. The van der Waals surface area contributed by atoms with Crippen LogP contribution in [0.15, 0.2) is 0 Å². The van der Waals surface area contributed by atoms with Crippen molar-refractivity contribution in [2.75, 3.05) is 19.8 Å². The zero-order valence-electron chi connectivity index (χ0n) is 7.41. The van der Waals surface area contributed by atoms with Gasteiger partial charge in [0.1, 0.15) is 0 Å². The maximum Gasteiger partial charge on any atom is 0.271 e. The van der Waals surface area contributed by atoms with E-state index in [1.165, 1.54) is 12.8 Å². The largest absolute Gasteiger partial charge is 0.470 e. The highest BCUT2D eigenvalue weighted by molar-refractivity contribution is 7.80. The first kappa shape index (κ1) is 9.18. The Labute approximate surface area is 82.7 Å². The third-order valence-electron chi connectivity index (χ3n) is 2.83. The van der Waals surface area contributed by atoms with E-state index in [0.29, 0.717) is 17.9 Å². The fourth-order valence-electron chi connectivity index (χ4n) is 2.14. The smallest absolute Gasteiger partial charge is 0.271 e. The summed E-state index contributed by atoms with van der Waals surface area (Å²) in [5, 5.41) is 0.283. The Kier molecular flexibility index (Phi) is 2.40. The molecule has 4 nitrogen and oxygen atoms in total. The van der Waals surface area contributed by atoms with Gasteiger partial charge >= 0.3 is 0 Å². The van der Waals surface area contributed by atoms with E-state index in [0.717, 1.165) is 13.2 Å². The van der Waals surface area contributed by atoms with E-state index in [-0.39, 0.29) is 5.17 Å². The normalized spacial score (nSPS) is 24.7. The molecule has 1 aliphatic carbocycles. The summed E-state index contributed by atoms with van der Waals surface area (Å²) in [4.78, 5) is 0. The average molecular weight is 202 g/mol. The van der Waals surface area contributed by atoms with E-state index in [1.807, 2.05) is 0 Å². The van der Waals surface area contributed by atoms with Crippen molar-refractivity contribution >= 4 is 17.4 Å². The standard InChI is InChI=1S/C8H14N2O2S/c9-10-7(13)12-3-6-1-8(2-6)4-11-5-8/h6H,1-5,9H2,(H,10,13). The lowest BCUT2D eigenvalue weighted by molar-refractivity contribution is -0.183. The van der Waals surface area contributed by atoms with Crippen molar-refractivity contribution < 1.29 is 9.47 Å². The molecule has 1 saturated heterocycles. The van der Waals surface area contributed by atoms with Gasteiger partial charge in [0, 0.05) is 5.41 Å². The molecular weight excluding hydrogens is 188 g/mol. The lowest BCUT2D eigenvalue weighted by atomic mass is 9.61.